The molecule has 0 aliphatic carbocycles. The third-order valence-electron chi connectivity index (χ3n) is 5.22. The number of nitrogens with one attached hydrogen (secondary N) is 1. The molecule has 162 valence electrons. The lowest BCUT2D eigenvalue weighted by Crippen LogP contribution is -2.31. The van der Waals surface area contributed by atoms with Crippen LogP contribution in [0.25, 0.3) is 0 Å². The highest BCUT2D eigenvalue weighted by Gasteiger charge is 2.34. The molecule has 0 bridgehead atoms. The number of ketones is 1. The number of amides is 2. The summed E-state index contributed by atoms with van der Waals surface area (Å²) in [5, 5.41) is 3.11. The van der Waals surface area contributed by atoms with Gasteiger partial charge in [-0.3, -0.25) is 19.3 Å². The summed E-state index contributed by atoms with van der Waals surface area (Å²) in [5.41, 5.74) is 8.42. The van der Waals surface area contributed by atoms with Gasteiger partial charge < -0.3 is 15.8 Å². The van der Waals surface area contributed by atoms with Crippen molar-refractivity contribution < 1.29 is 19.1 Å². The molecule has 1 aliphatic rings. The third kappa shape index (κ3) is 4.46. The maximum absolute atomic E-state index is 12.4. The van der Waals surface area contributed by atoms with Crippen molar-refractivity contribution in [1.29, 1.82) is 0 Å². The van der Waals surface area contributed by atoms with E-state index in [4.69, 9.17) is 10.5 Å². The number of nitrogens with two attached hydrogens (primary N) is 1. The van der Waals surface area contributed by atoms with Crippen LogP contribution >= 0.6 is 0 Å². The van der Waals surface area contributed by atoms with E-state index < -0.39 is 0 Å². The molecule has 0 fully saturated rings. The first-order valence-corrected chi connectivity index (χ1v) is 10.3. The average molecular weight is 429 g/mol. The van der Waals surface area contributed by atoms with Crippen molar-refractivity contribution in [2.24, 2.45) is 0 Å². The van der Waals surface area contributed by atoms with Gasteiger partial charge in [0.2, 0.25) is 0 Å². The summed E-state index contributed by atoms with van der Waals surface area (Å²) in [6, 6.07) is 20.9. The number of imide groups is 1. The van der Waals surface area contributed by atoms with Crippen LogP contribution in [0.2, 0.25) is 0 Å². The van der Waals surface area contributed by atoms with Gasteiger partial charge in [0, 0.05) is 17.8 Å². The molecule has 7 nitrogen and oxygen atoms in total. The maximum atomic E-state index is 12.4. The first-order valence-electron chi connectivity index (χ1n) is 10.3. The summed E-state index contributed by atoms with van der Waals surface area (Å²) in [4.78, 5) is 38.5. The van der Waals surface area contributed by atoms with Crippen LogP contribution in [0, 0.1) is 0 Å². The molecule has 0 saturated carbocycles. The Bertz CT molecular complexity index is 1120. The number of hydrogen-bond donors (Lipinski definition) is 2. The van der Waals surface area contributed by atoms with Crippen molar-refractivity contribution in [3.63, 3.8) is 0 Å². The minimum atomic E-state index is -0.270. The molecule has 0 saturated heterocycles. The number of anilines is 2. The first kappa shape index (κ1) is 21.1. The maximum Gasteiger partial charge on any atom is 0.261 e. The Hall–Kier alpha value is -4.13. The average Bonchev–Trinajstić information content (AvgIpc) is 3.06. The smallest absolute Gasteiger partial charge is 0.261 e. The molecule has 3 aromatic carbocycles. The Kier molecular flexibility index (Phi) is 6.17. The van der Waals surface area contributed by atoms with Gasteiger partial charge in [-0.25, -0.2) is 0 Å². The highest BCUT2D eigenvalue weighted by molar-refractivity contribution is 6.21. The zero-order valence-electron chi connectivity index (χ0n) is 17.4. The molecule has 0 aromatic heterocycles. The van der Waals surface area contributed by atoms with Gasteiger partial charge in [-0.2, -0.15) is 0 Å². The minimum Gasteiger partial charge on any atom is -0.491 e. The van der Waals surface area contributed by atoms with E-state index in [2.05, 4.69) is 5.32 Å². The predicted molar refractivity (Wildman–Crippen MR) is 122 cm³/mol. The van der Waals surface area contributed by atoms with Crippen molar-refractivity contribution in [2.45, 2.75) is 6.42 Å². The summed E-state index contributed by atoms with van der Waals surface area (Å²) in [5.74, 6) is -0.00640. The fraction of sp³-hybridized carbons (Fsp3) is 0.160. The summed E-state index contributed by atoms with van der Waals surface area (Å²) >= 11 is 0. The lowest BCUT2D eigenvalue weighted by atomic mass is 10.1. The van der Waals surface area contributed by atoms with Crippen molar-refractivity contribution >= 4 is 29.0 Å². The van der Waals surface area contributed by atoms with Crippen LogP contribution in [0.15, 0.2) is 72.8 Å². The SMILES string of the molecule is Nc1ccc(C(=O)CNc2ccccc2OCCCN2C(=O)c3ccccc3C2=O)cc1. The molecule has 3 aromatic rings. The van der Waals surface area contributed by atoms with Gasteiger partial charge in [-0.15, -0.1) is 0 Å². The molecule has 3 N–H and O–H groups in total. The number of carbonyl (C=O) groups excluding carboxylic acids is 3. The number of benzene rings is 3. The quantitative estimate of drug-likeness (QED) is 0.233. The van der Waals surface area contributed by atoms with Crippen LogP contribution in [-0.4, -0.2) is 42.2 Å². The van der Waals surface area contributed by atoms with Crippen molar-refractivity contribution in [3.05, 3.63) is 89.5 Å². The van der Waals surface area contributed by atoms with E-state index in [1.54, 1.807) is 54.6 Å². The Morgan fingerprint density at radius 3 is 2.19 bits per heavy atom. The number of nitrogens with zero attached hydrogens (tertiary/aromatic N) is 1. The summed E-state index contributed by atoms with van der Waals surface area (Å²) in [7, 11) is 0. The van der Waals surface area contributed by atoms with E-state index in [1.807, 2.05) is 18.2 Å². The lowest BCUT2D eigenvalue weighted by Gasteiger charge is -2.16. The van der Waals surface area contributed by atoms with Crippen LogP contribution < -0.4 is 15.8 Å². The molecule has 4 rings (SSSR count). The lowest BCUT2D eigenvalue weighted by molar-refractivity contribution is 0.0646. The first-order chi connectivity index (χ1) is 15.5. The van der Waals surface area contributed by atoms with E-state index in [0.29, 0.717) is 46.8 Å². The molecule has 1 heterocycles. The van der Waals surface area contributed by atoms with Crippen LogP contribution in [-0.2, 0) is 0 Å². The largest absolute Gasteiger partial charge is 0.491 e. The van der Waals surface area contributed by atoms with E-state index in [9.17, 15) is 14.4 Å². The van der Waals surface area contributed by atoms with Gasteiger partial charge >= 0.3 is 0 Å². The Labute approximate surface area is 185 Å². The minimum absolute atomic E-state index is 0.0644. The van der Waals surface area contributed by atoms with Gasteiger partial charge in [0.15, 0.2) is 5.78 Å². The topological polar surface area (TPSA) is 102 Å². The van der Waals surface area contributed by atoms with Gasteiger partial charge in [-0.05, 0) is 55.0 Å². The zero-order valence-corrected chi connectivity index (χ0v) is 17.4. The zero-order chi connectivity index (χ0) is 22.5. The van der Waals surface area contributed by atoms with E-state index in [0.717, 1.165) is 0 Å². The molecule has 2 amide bonds. The molecule has 32 heavy (non-hydrogen) atoms. The summed E-state index contributed by atoms with van der Waals surface area (Å²) < 4.78 is 5.86. The van der Waals surface area contributed by atoms with E-state index in [-0.39, 0.29) is 30.7 Å². The summed E-state index contributed by atoms with van der Waals surface area (Å²) in [6.45, 7) is 0.703. The van der Waals surface area contributed by atoms with Crippen molar-refractivity contribution in [3.8, 4) is 5.75 Å². The van der Waals surface area contributed by atoms with Gasteiger partial charge in [0.1, 0.15) is 5.75 Å². The fourth-order valence-corrected chi connectivity index (χ4v) is 3.53. The van der Waals surface area contributed by atoms with E-state index in [1.165, 1.54) is 4.90 Å². The number of carbonyl (C=O) groups is 3. The Morgan fingerprint density at radius 1 is 0.875 bits per heavy atom. The van der Waals surface area contributed by atoms with Gasteiger partial charge in [-0.1, -0.05) is 24.3 Å². The third-order valence-corrected chi connectivity index (χ3v) is 5.22. The molecule has 1 aliphatic heterocycles. The van der Waals surface area contributed by atoms with Crippen LogP contribution in [0.5, 0.6) is 5.75 Å². The van der Waals surface area contributed by atoms with Gasteiger partial charge in [0.25, 0.3) is 11.8 Å². The number of rotatable bonds is 9. The molecule has 0 atom stereocenters. The second-order valence-corrected chi connectivity index (χ2v) is 7.40. The number of ether oxygens (including phenoxy) is 1. The molecule has 7 heteroatoms. The standard InChI is InChI=1S/C25H23N3O4/c26-18-12-10-17(11-13-18)22(29)16-27-21-8-3-4-9-23(21)32-15-5-14-28-24(30)19-6-1-2-7-20(19)25(28)31/h1-4,6-13,27H,5,14-16,26H2. The number of Topliss-reactive ketones (excluding diaryl/α,β-unsaturated/α-hetero) is 1. The Balaban J connectivity index is 1.29. The Morgan fingerprint density at radius 2 is 1.50 bits per heavy atom. The van der Waals surface area contributed by atoms with E-state index >= 15 is 0 Å². The molecule has 0 unspecified atom stereocenters. The predicted octanol–water partition coefficient (Wildman–Crippen LogP) is 3.63. The van der Waals surface area contributed by atoms with Gasteiger partial charge in [0.05, 0.1) is 30.0 Å². The van der Waals surface area contributed by atoms with Crippen molar-refractivity contribution in [2.75, 3.05) is 30.7 Å². The number of para-hydroxylation sites is 2. The summed E-state index contributed by atoms with van der Waals surface area (Å²) in [6.07, 6.45) is 0.490. The highest BCUT2D eigenvalue weighted by Crippen LogP contribution is 2.25. The molecule has 0 radical (unpaired) electrons. The second kappa shape index (κ2) is 9.34. The molecule has 0 spiro atoms. The van der Waals surface area contributed by atoms with Crippen LogP contribution in [0.3, 0.4) is 0 Å². The van der Waals surface area contributed by atoms with Crippen LogP contribution in [0.1, 0.15) is 37.5 Å². The number of hydrogen-bond acceptors (Lipinski definition) is 6. The molecular weight excluding hydrogens is 406 g/mol. The van der Waals surface area contributed by atoms with Crippen LogP contribution in [0.4, 0.5) is 11.4 Å². The number of nitrogen functional groups attached to an aromatic ring is 1. The normalized spacial score (nSPS) is 12.6. The molecular formula is C25H23N3O4. The van der Waals surface area contributed by atoms with Crippen molar-refractivity contribution in [1.82, 2.24) is 4.90 Å². The second-order valence-electron chi connectivity index (χ2n) is 7.40. The fourth-order valence-electron chi connectivity index (χ4n) is 3.53. The highest BCUT2D eigenvalue weighted by atomic mass is 16.5. The number of fused-ring (bicyclic) bond motifs is 1. The monoisotopic (exact) mass is 429 g/mol.